The smallest absolute Gasteiger partial charge is 0.232 e. The van der Waals surface area contributed by atoms with Crippen LogP contribution in [0.25, 0.3) is 6.08 Å². The van der Waals surface area contributed by atoms with Gasteiger partial charge in [-0.3, -0.25) is 4.79 Å². The summed E-state index contributed by atoms with van der Waals surface area (Å²) in [6, 6.07) is 2.16. The number of ketones is 1. The summed E-state index contributed by atoms with van der Waals surface area (Å²) in [6.07, 6.45) is 0.482. The molecule has 1 aliphatic heterocycles. The van der Waals surface area contributed by atoms with Crippen molar-refractivity contribution in [3.63, 3.8) is 0 Å². The second-order valence-corrected chi connectivity index (χ2v) is 4.63. The van der Waals surface area contributed by atoms with Crippen LogP contribution in [0.2, 0.25) is 0 Å². The fourth-order valence-corrected chi connectivity index (χ4v) is 2.08. The fraction of sp³-hybridized carbons (Fsp3) is 0. The van der Waals surface area contributed by atoms with Gasteiger partial charge in [-0.25, -0.2) is 17.6 Å². The molecule has 0 amide bonds. The average Bonchev–Trinajstić information content (AvgIpc) is 2.83. The third kappa shape index (κ3) is 2.19. The molecule has 0 radical (unpaired) electrons. The molecule has 0 atom stereocenters. The van der Waals surface area contributed by atoms with Gasteiger partial charge >= 0.3 is 0 Å². The molecule has 118 valence electrons. The number of phenolic OH excluding ortho intramolecular Hbond substituents is 2. The van der Waals surface area contributed by atoms with Gasteiger partial charge in [0.1, 0.15) is 0 Å². The van der Waals surface area contributed by atoms with Crippen LogP contribution in [0.1, 0.15) is 15.9 Å². The summed E-state index contributed by atoms with van der Waals surface area (Å²) in [5.74, 6) is -9.95. The molecule has 2 aromatic carbocycles. The van der Waals surface area contributed by atoms with E-state index in [2.05, 4.69) is 0 Å². The second kappa shape index (κ2) is 5.01. The van der Waals surface area contributed by atoms with Gasteiger partial charge in [0.15, 0.2) is 40.5 Å². The van der Waals surface area contributed by atoms with Gasteiger partial charge in [0.2, 0.25) is 11.5 Å². The van der Waals surface area contributed by atoms with Crippen molar-refractivity contribution in [1.29, 1.82) is 0 Å². The maximum Gasteiger partial charge on any atom is 0.232 e. The maximum absolute atomic E-state index is 13.6. The van der Waals surface area contributed by atoms with Crippen molar-refractivity contribution >= 4 is 11.9 Å². The Morgan fingerprint density at radius 2 is 1.61 bits per heavy atom. The summed E-state index contributed by atoms with van der Waals surface area (Å²) in [4.78, 5) is 12.0. The van der Waals surface area contributed by atoms with Gasteiger partial charge in [-0.1, -0.05) is 0 Å². The molecule has 1 heterocycles. The Kier molecular flexibility index (Phi) is 3.24. The molecule has 2 aromatic rings. The first-order valence-corrected chi connectivity index (χ1v) is 6.13. The number of carbonyl (C=O) groups is 1. The Labute approximate surface area is 125 Å². The van der Waals surface area contributed by atoms with E-state index in [4.69, 9.17) is 4.74 Å². The number of fused-ring (bicyclic) bond motifs is 1. The molecule has 23 heavy (non-hydrogen) atoms. The monoisotopic (exact) mass is 326 g/mol. The molecular weight excluding hydrogens is 320 g/mol. The van der Waals surface area contributed by atoms with Gasteiger partial charge in [0.05, 0.1) is 11.1 Å². The molecule has 3 rings (SSSR count). The molecule has 2 N–H and O–H groups in total. The van der Waals surface area contributed by atoms with Crippen LogP contribution in [0, 0.1) is 23.3 Å². The molecule has 0 saturated carbocycles. The van der Waals surface area contributed by atoms with Crippen molar-refractivity contribution in [2.45, 2.75) is 0 Å². The number of rotatable bonds is 1. The molecule has 8 heteroatoms. The number of aromatic hydroxyl groups is 2. The SMILES string of the molecule is O=C1C(=Cc2c(F)c(F)cc(F)c2F)Oc2c1ccc(O)c2O. The largest absolute Gasteiger partial charge is 0.504 e. The number of halogens is 4. The Bertz CT molecular complexity index is 864. The summed E-state index contributed by atoms with van der Waals surface area (Å²) >= 11 is 0. The van der Waals surface area contributed by atoms with Crippen molar-refractivity contribution in [3.8, 4) is 17.2 Å². The average molecular weight is 326 g/mol. The number of benzene rings is 2. The summed E-state index contributed by atoms with van der Waals surface area (Å²) < 4.78 is 58.5. The highest BCUT2D eigenvalue weighted by molar-refractivity contribution is 6.15. The first kappa shape index (κ1) is 14.9. The second-order valence-electron chi connectivity index (χ2n) is 4.63. The first-order valence-electron chi connectivity index (χ1n) is 6.13. The lowest BCUT2D eigenvalue weighted by Gasteiger charge is -2.04. The molecule has 0 saturated heterocycles. The van der Waals surface area contributed by atoms with E-state index in [0.29, 0.717) is 6.08 Å². The van der Waals surface area contributed by atoms with Gasteiger partial charge in [0.25, 0.3) is 0 Å². The zero-order valence-electron chi connectivity index (χ0n) is 11.0. The van der Waals surface area contributed by atoms with Crippen LogP contribution in [-0.2, 0) is 0 Å². The van der Waals surface area contributed by atoms with E-state index in [0.717, 1.165) is 12.1 Å². The minimum absolute atomic E-state index is 0.0304. The molecule has 0 bridgehead atoms. The minimum Gasteiger partial charge on any atom is -0.504 e. The Hall–Kier alpha value is -3.03. The van der Waals surface area contributed by atoms with E-state index in [1.165, 1.54) is 0 Å². The highest BCUT2D eigenvalue weighted by Gasteiger charge is 2.32. The van der Waals surface area contributed by atoms with Crippen LogP contribution in [0.3, 0.4) is 0 Å². The number of phenols is 2. The summed E-state index contributed by atoms with van der Waals surface area (Å²) in [5, 5.41) is 18.9. The van der Waals surface area contributed by atoms with Gasteiger partial charge in [0, 0.05) is 6.07 Å². The van der Waals surface area contributed by atoms with Crippen LogP contribution in [0.4, 0.5) is 17.6 Å². The Balaban J connectivity index is 2.14. The predicted molar refractivity (Wildman–Crippen MR) is 69.0 cm³/mol. The molecule has 0 fully saturated rings. The molecule has 0 aromatic heterocycles. The standard InChI is InChI=1S/C15H6F4O4/c16-7-4-8(17)12(19)6(11(7)18)3-10-13(21)5-1-2-9(20)14(22)15(5)23-10/h1-4,20,22H. The van der Waals surface area contributed by atoms with Crippen LogP contribution < -0.4 is 4.74 Å². The Morgan fingerprint density at radius 3 is 2.22 bits per heavy atom. The summed E-state index contributed by atoms with van der Waals surface area (Å²) in [6.45, 7) is 0. The van der Waals surface area contributed by atoms with Gasteiger partial charge in [-0.05, 0) is 18.2 Å². The zero-order valence-corrected chi connectivity index (χ0v) is 11.0. The van der Waals surface area contributed by atoms with Crippen LogP contribution >= 0.6 is 0 Å². The summed E-state index contributed by atoms with van der Waals surface area (Å²) in [7, 11) is 0. The summed E-state index contributed by atoms with van der Waals surface area (Å²) in [5.41, 5.74) is -1.31. The van der Waals surface area contributed by atoms with Crippen molar-refractivity contribution in [2.75, 3.05) is 0 Å². The molecule has 0 unspecified atom stereocenters. The fourth-order valence-electron chi connectivity index (χ4n) is 2.08. The molecule has 4 nitrogen and oxygen atoms in total. The lowest BCUT2D eigenvalue weighted by Crippen LogP contribution is -2.03. The highest BCUT2D eigenvalue weighted by atomic mass is 19.2. The van der Waals surface area contributed by atoms with Crippen LogP contribution in [0.5, 0.6) is 17.2 Å². The van der Waals surface area contributed by atoms with E-state index < -0.39 is 57.6 Å². The van der Waals surface area contributed by atoms with E-state index in [1.54, 1.807) is 0 Å². The van der Waals surface area contributed by atoms with Crippen molar-refractivity contribution in [1.82, 2.24) is 0 Å². The van der Waals surface area contributed by atoms with Crippen LogP contribution in [0.15, 0.2) is 24.0 Å². The molecule has 0 spiro atoms. The lowest BCUT2D eigenvalue weighted by atomic mass is 10.1. The molecule has 0 aliphatic carbocycles. The van der Waals surface area contributed by atoms with Crippen molar-refractivity contribution in [3.05, 3.63) is 58.4 Å². The zero-order chi connectivity index (χ0) is 16.9. The third-order valence-corrected chi connectivity index (χ3v) is 3.21. The maximum atomic E-state index is 13.6. The van der Waals surface area contributed by atoms with E-state index >= 15 is 0 Å². The van der Waals surface area contributed by atoms with Crippen molar-refractivity contribution in [2.24, 2.45) is 0 Å². The molecule has 1 aliphatic rings. The predicted octanol–water partition coefficient (Wildman–Crippen LogP) is 3.27. The third-order valence-electron chi connectivity index (χ3n) is 3.21. The molecular formula is C15H6F4O4. The number of hydrogen-bond acceptors (Lipinski definition) is 4. The van der Waals surface area contributed by atoms with Gasteiger partial charge in [-0.2, -0.15) is 0 Å². The van der Waals surface area contributed by atoms with E-state index in [-0.39, 0.29) is 11.6 Å². The number of carbonyl (C=O) groups excluding carboxylic acids is 1. The van der Waals surface area contributed by atoms with E-state index in [1.807, 2.05) is 0 Å². The first-order chi connectivity index (χ1) is 10.8. The number of ether oxygens (including phenoxy) is 1. The number of allylic oxidation sites excluding steroid dienone is 1. The number of Topliss-reactive ketones (excluding diaryl/α,β-unsaturated/α-hetero) is 1. The van der Waals surface area contributed by atoms with Crippen molar-refractivity contribution < 1.29 is 37.3 Å². The van der Waals surface area contributed by atoms with Crippen LogP contribution in [-0.4, -0.2) is 16.0 Å². The van der Waals surface area contributed by atoms with E-state index in [9.17, 15) is 32.6 Å². The topological polar surface area (TPSA) is 66.8 Å². The number of hydrogen-bond donors (Lipinski definition) is 2. The lowest BCUT2D eigenvalue weighted by molar-refractivity contribution is 0.101. The normalized spacial score (nSPS) is 15.0. The minimum atomic E-state index is -1.70. The van der Waals surface area contributed by atoms with Gasteiger partial charge in [-0.15, -0.1) is 0 Å². The highest BCUT2D eigenvalue weighted by Crippen LogP contribution is 2.44. The quantitative estimate of drug-likeness (QED) is 0.365. The Morgan fingerprint density at radius 1 is 1.00 bits per heavy atom. The van der Waals surface area contributed by atoms with Gasteiger partial charge < -0.3 is 14.9 Å².